The maximum absolute atomic E-state index is 12.3. The number of carbonyl (C=O) groups excluding carboxylic acids is 2. The molecule has 1 atom stereocenters. The van der Waals surface area contributed by atoms with Gasteiger partial charge in [-0.3, -0.25) is 4.79 Å². The molecule has 0 aliphatic heterocycles. The minimum Gasteiger partial charge on any atom is -0.504 e. The van der Waals surface area contributed by atoms with Crippen molar-refractivity contribution in [1.82, 2.24) is 5.32 Å². The first-order valence-electron chi connectivity index (χ1n) is 8.59. The molecule has 0 aliphatic rings. The fraction of sp³-hybridized carbons (Fsp3) is 0.238. The van der Waals surface area contributed by atoms with Crippen LogP contribution in [0.2, 0.25) is 0 Å². The zero-order valence-electron chi connectivity index (χ0n) is 15.3. The first-order chi connectivity index (χ1) is 13.0. The highest BCUT2D eigenvalue weighted by Crippen LogP contribution is 2.26. The van der Waals surface area contributed by atoms with Gasteiger partial charge in [0.1, 0.15) is 6.04 Å². The fourth-order valence-electron chi connectivity index (χ4n) is 2.48. The number of benzene rings is 2. The smallest absolute Gasteiger partial charge is 0.328 e. The van der Waals surface area contributed by atoms with Crippen LogP contribution in [0, 0.1) is 0 Å². The lowest BCUT2D eigenvalue weighted by molar-refractivity contribution is -0.146. The number of aromatic hydroxyl groups is 1. The highest BCUT2D eigenvalue weighted by atomic mass is 16.5. The van der Waals surface area contributed by atoms with E-state index in [0.29, 0.717) is 17.7 Å². The van der Waals surface area contributed by atoms with E-state index in [9.17, 15) is 14.7 Å². The molecule has 1 amide bonds. The summed E-state index contributed by atoms with van der Waals surface area (Å²) in [5, 5.41) is 12.3. The summed E-state index contributed by atoms with van der Waals surface area (Å²) in [5.74, 6) is -0.569. The van der Waals surface area contributed by atoms with Gasteiger partial charge in [0.25, 0.3) is 0 Å². The van der Waals surface area contributed by atoms with Crippen molar-refractivity contribution in [3.05, 3.63) is 65.7 Å². The minimum atomic E-state index is -0.779. The fourth-order valence-corrected chi connectivity index (χ4v) is 2.48. The summed E-state index contributed by atoms with van der Waals surface area (Å²) in [4.78, 5) is 24.4. The van der Waals surface area contributed by atoms with E-state index in [1.54, 1.807) is 25.1 Å². The van der Waals surface area contributed by atoms with E-state index in [1.807, 2.05) is 30.3 Å². The molecule has 0 saturated carbocycles. The van der Waals surface area contributed by atoms with Gasteiger partial charge in [-0.1, -0.05) is 36.4 Å². The number of esters is 1. The van der Waals surface area contributed by atoms with E-state index in [-0.39, 0.29) is 12.4 Å². The van der Waals surface area contributed by atoms with Crippen LogP contribution in [0.5, 0.6) is 11.5 Å². The van der Waals surface area contributed by atoms with Crippen molar-refractivity contribution >= 4 is 18.0 Å². The number of ether oxygens (including phenoxy) is 2. The molecule has 0 heterocycles. The Kier molecular flexibility index (Phi) is 7.43. The van der Waals surface area contributed by atoms with Gasteiger partial charge in [0, 0.05) is 12.5 Å². The Morgan fingerprint density at radius 1 is 1.19 bits per heavy atom. The zero-order valence-corrected chi connectivity index (χ0v) is 15.3. The number of phenolic OH excluding ortho intramolecular Hbond substituents is 1. The molecule has 2 aromatic rings. The Hall–Kier alpha value is -3.28. The van der Waals surface area contributed by atoms with Crippen molar-refractivity contribution in [3.8, 4) is 11.5 Å². The van der Waals surface area contributed by atoms with Crippen LogP contribution in [0.1, 0.15) is 18.1 Å². The van der Waals surface area contributed by atoms with Gasteiger partial charge in [-0.25, -0.2) is 4.79 Å². The Balaban J connectivity index is 2.07. The predicted molar refractivity (Wildman–Crippen MR) is 102 cm³/mol. The Bertz CT molecular complexity index is 801. The van der Waals surface area contributed by atoms with Crippen LogP contribution in [-0.4, -0.2) is 36.7 Å². The Morgan fingerprint density at radius 3 is 2.59 bits per heavy atom. The molecular weight excluding hydrogens is 346 g/mol. The van der Waals surface area contributed by atoms with Gasteiger partial charge in [0.2, 0.25) is 5.91 Å². The largest absolute Gasteiger partial charge is 0.504 e. The molecule has 6 heteroatoms. The molecule has 0 radical (unpaired) electrons. The second-order valence-electron chi connectivity index (χ2n) is 5.77. The molecule has 27 heavy (non-hydrogen) atoms. The SMILES string of the molecule is CCOC(=O)[C@H](Cc1ccccc1)NC(=O)/C=C/c1ccc(O)c(OC)c1. The number of hydrogen-bond donors (Lipinski definition) is 2. The molecular formula is C21H23NO5. The van der Waals surface area contributed by atoms with Crippen molar-refractivity contribution in [1.29, 1.82) is 0 Å². The molecule has 142 valence electrons. The molecule has 0 aliphatic carbocycles. The van der Waals surface area contributed by atoms with Crippen LogP contribution < -0.4 is 10.1 Å². The molecule has 2 aromatic carbocycles. The van der Waals surface area contributed by atoms with Crippen LogP contribution >= 0.6 is 0 Å². The standard InChI is InChI=1S/C21H23NO5/c1-3-27-21(25)17(13-15-7-5-4-6-8-15)22-20(24)12-10-16-9-11-18(23)19(14-16)26-2/h4-12,14,17,23H,3,13H2,1-2H3,(H,22,24)/b12-10+/t17-/m0/s1. The summed E-state index contributed by atoms with van der Waals surface area (Å²) in [5.41, 5.74) is 1.60. The molecule has 0 bridgehead atoms. The lowest BCUT2D eigenvalue weighted by Gasteiger charge is -2.16. The second-order valence-corrected chi connectivity index (χ2v) is 5.77. The summed E-state index contributed by atoms with van der Waals surface area (Å²) in [6.07, 6.45) is 3.23. The molecule has 0 fully saturated rings. The van der Waals surface area contributed by atoms with E-state index in [0.717, 1.165) is 5.56 Å². The first kappa shape index (κ1) is 20.0. The van der Waals surface area contributed by atoms with E-state index in [1.165, 1.54) is 19.3 Å². The van der Waals surface area contributed by atoms with Crippen molar-refractivity contribution in [2.45, 2.75) is 19.4 Å². The van der Waals surface area contributed by atoms with Gasteiger partial charge >= 0.3 is 5.97 Å². The monoisotopic (exact) mass is 369 g/mol. The minimum absolute atomic E-state index is 0.0179. The van der Waals surface area contributed by atoms with Gasteiger partial charge in [0.15, 0.2) is 11.5 Å². The quantitative estimate of drug-likeness (QED) is 0.552. The van der Waals surface area contributed by atoms with Gasteiger partial charge < -0.3 is 19.9 Å². The highest BCUT2D eigenvalue weighted by molar-refractivity contribution is 5.94. The van der Waals surface area contributed by atoms with Gasteiger partial charge in [-0.15, -0.1) is 0 Å². The number of phenols is 1. The average molecular weight is 369 g/mol. The molecule has 0 spiro atoms. The first-order valence-corrected chi connectivity index (χ1v) is 8.59. The molecule has 6 nitrogen and oxygen atoms in total. The van der Waals surface area contributed by atoms with Crippen molar-refractivity contribution in [2.24, 2.45) is 0 Å². The summed E-state index contributed by atoms with van der Waals surface area (Å²) >= 11 is 0. The van der Waals surface area contributed by atoms with Gasteiger partial charge in [-0.2, -0.15) is 0 Å². The van der Waals surface area contributed by atoms with Gasteiger partial charge in [0.05, 0.1) is 13.7 Å². The Morgan fingerprint density at radius 2 is 1.93 bits per heavy atom. The number of amides is 1. The third-order valence-corrected chi connectivity index (χ3v) is 3.80. The summed E-state index contributed by atoms with van der Waals surface area (Å²) in [7, 11) is 1.45. The zero-order chi connectivity index (χ0) is 19.6. The topological polar surface area (TPSA) is 84.9 Å². The lowest BCUT2D eigenvalue weighted by atomic mass is 10.1. The molecule has 0 unspecified atom stereocenters. The number of carbonyl (C=O) groups is 2. The third kappa shape index (κ3) is 6.18. The normalized spacial score (nSPS) is 11.8. The lowest BCUT2D eigenvalue weighted by Crippen LogP contribution is -2.42. The van der Waals surface area contributed by atoms with E-state index < -0.39 is 17.9 Å². The van der Waals surface area contributed by atoms with Crippen LogP contribution in [0.4, 0.5) is 0 Å². The maximum Gasteiger partial charge on any atom is 0.328 e. The van der Waals surface area contributed by atoms with Gasteiger partial charge in [-0.05, 0) is 36.3 Å². The van der Waals surface area contributed by atoms with E-state index >= 15 is 0 Å². The second kappa shape index (κ2) is 10.0. The summed E-state index contributed by atoms with van der Waals surface area (Å²) in [6.45, 7) is 1.96. The molecule has 0 aromatic heterocycles. The number of methoxy groups -OCH3 is 1. The van der Waals surface area contributed by atoms with Crippen LogP contribution in [0.25, 0.3) is 6.08 Å². The van der Waals surface area contributed by atoms with Crippen molar-refractivity contribution in [3.63, 3.8) is 0 Å². The summed E-state index contributed by atoms with van der Waals surface area (Å²) < 4.78 is 10.1. The van der Waals surface area contributed by atoms with E-state index in [2.05, 4.69) is 5.32 Å². The number of hydrogen-bond acceptors (Lipinski definition) is 5. The van der Waals surface area contributed by atoms with Crippen molar-refractivity contribution < 1.29 is 24.2 Å². The van der Waals surface area contributed by atoms with Crippen LogP contribution in [-0.2, 0) is 20.7 Å². The predicted octanol–water partition coefficient (Wildman–Crippen LogP) is 2.70. The third-order valence-electron chi connectivity index (χ3n) is 3.80. The summed E-state index contributed by atoms with van der Waals surface area (Å²) in [6, 6.07) is 13.4. The Labute approximate surface area is 158 Å². The van der Waals surface area contributed by atoms with E-state index in [4.69, 9.17) is 9.47 Å². The average Bonchev–Trinajstić information content (AvgIpc) is 2.68. The highest BCUT2D eigenvalue weighted by Gasteiger charge is 2.21. The van der Waals surface area contributed by atoms with Crippen molar-refractivity contribution in [2.75, 3.05) is 13.7 Å². The van der Waals surface area contributed by atoms with Crippen LogP contribution in [0.3, 0.4) is 0 Å². The van der Waals surface area contributed by atoms with Crippen LogP contribution in [0.15, 0.2) is 54.6 Å². The number of nitrogens with one attached hydrogen (secondary N) is 1. The molecule has 2 rings (SSSR count). The molecule has 0 saturated heterocycles. The molecule has 2 N–H and O–H groups in total. The number of rotatable bonds is 8. The maximum atomic E-state index is 12.3.